The second-order valence-corrected chi connectivity index (χ2v) is 5.82. The van der Waals surface area contributed by atoms with E-state index in [1.807, 2.05) is 11.8 Å². The largest absolute Gasteiger partial charge is 0.416 e. The van der Waals surface area contributed by atoms with E-state index in [9.17, 15) is 18.0 Å². The van der Waals surface area contributed by atoms with E-state index in [-0.39, 0.29) is 5.91 Å². The first-order valence-electron chi connectivity index (χ1n) is 8.01. The summed E-state index contributed by atoms with van der Waals surface area (Å²) in [7, 11) is 5.18. The summed E-state index contributed by atoms with van der Waals surface area (Å²) in [6, 6.07) is 5.06. The first kappa shape index (κ1) is 20.8. The van der Waals surface area contributed by atoms with Gasteiger partial charge < -0.3 is 15.1 Å². The highest BCUT2D eigenvalue weighted by molar-refractivity contribution is 5.80. The van der Waals surface area contributed by atoms with Gasteiger partial charge in [0.05, 0.1) is 12.1 Å². The molecule has 1 aromatic rings. The van der Waals surface area contributed by atoms with Gasteiger partial charge in [-0.15, -0.1) is 0 Å². The quantitative estimate of drug-likeness (QED) is 0.628. The van der Waals surface area contributed by atoms with Crippen molar-refractivity contribution in [3.8, 4) is 0 Å². The molecule has 0 atom stereocenters. The van der Waals surface area contributed by atoms with Crippen LogP contribution in [0.3, 0.4) is 0 Å². The second-order valence-electron chi connectivity index (χ2n) is 5.82. The van der Waals surface area contributed by atoms with Gasteiger partial charge in [0, 0.05) is 40.7 Å². The molecular weight excluding hydrogens is 333 g/mol. The highest BCUT2D eigenvalue weighted by atomic mass is 19.4. The molecule has 1 aromatic carbocycles. The van der Waals surface area contributed by atoms with Crippen molar-refractivity contribution in [3.05, 3.63) is 35.4 Å². The summed E-state index contributed by atoms with van der Waals surface area (Å²) in [5, 5.41) is 3.11. The molecule has 1 amide bonds. The summed E-state index contributed by atoms with van der Waals surface area (Å²) in [6.45, 7) is 3.33. The number of hydrogen-bond acceptors (Lipinski definition) is 2. The summed E-state index contributed by atoms with van der Waals surface area (Å²) in [4.78, 5) is 19.3. The monoisotopic (exact) mass is 358 g/mol. The molecule has 140 valence electrons. The summed E-state index contributed by atoms with van der Waals surface area (Å²) in [5.74, 6) is 0.596. The Hall–Kier alpha value is -2.25. The number of aliphatic imine (C=N–C) groups is 1. The molecule has 0 unspecified atom stereocenters. The lowest BCUT2D eigenvalue weighted by Crippen LogP contribution is -2.38. The Morgan fingerprint density at radius 1 is 1.16 bits per heavy atom. The van der Waals surface area contributed by atoms with Gasteiger partial charge in [-0.25, -0.2) is 0 Å². The number of carbonyl (C=O) groups excluding carboxylic acids is 1. The minimum Gasteiger partial charge on any atom is -0.357 e. The fourth-order valence-corrected chi connectivity index (χ4v) is 2.10. The van der Waals surface area contributed by atoms with Crippen molar-refractivity contribution in [2.45, 2.75) is 26.1 Å². The van der Waals surface area contributed by atoms with E-state index in [1.54, 1.807) is 21.1 Å². The molecule has 25 heavy (non-hydrogen) atoms. The second kappa shape index (κ2) is 9.29. The van der Waals surface area contributed by atoms with Gasteiger partial charge in [0.15, 0.2) is 5.96 Å². The average molecular weight is 358 g/mol. The summed E-state index contributed by atoms with van der Waals surface area (Å²) in [6.07, 6.45) is -4.03. The van der Waals surface area contributed by atoms with Gasteiger partial charge in [-0.2, -0.15) is 13.2 Å². The molecule has 1 rings (SSSR count). The standard InChI is InChI=1S/C17H25F3N4O/c1-5-21-16(22-11-10-15(25)23(2)3)24(4)12-13-6-8-14(9-7-13)17(18,19)20/h6-9H,5,10-12H2,1-4H3,(H,21,22). The maximum absolute atomic E-state index is 12.6. The van der Waals surface area contributed by atoms with Gasteiger partial charge >= 0.3 is 6.18 Å². The zero-order valence-corrected chi connectivity index (χ0v) is 15.0. The fourth-order valence-electron chi connectivity index (χ4n) is 2.10. The van der Waals surface area contributed by atoms with Crippen LogP contribution in [-0.4, -0.2) is 55.9 Å². The van der Waals surface area contributed by atoms with Crippen LogP contribution < -0.4 is 5.32 Å². The number of rotatable bonds is 6. The van der Waals surface area contributed by atoms with Crippen LogP contribution in [0.4, 0.5) is 13.2 Å². The van der Waals surface area contributed by atoms with E-state index >= 15 is 0 Å². The fraction of sp³-hybridized carbons (Fsp3) is 0.529. The number of amides is 1. The minimum absolute atomic E-state index is 0.00927. The molecule has 0 aliphatic heterocycles. The van der Waals surface area contributed by atoms with E-state index in [0.29, 0.717) is 32.0 Å². The maximum atomic E-state index is 12.6. The Bertz CT molecular complexity index is 583. The van der Waals surface area contributed by atoms with Crippen LogP contribution >= 0.6 is 0 Å². The predicted octanol–water partition coefficient (Wildman–Crippen LogP) is 2.58. The molecule has 0 aromatic heterocycles. The number of alkyl halides is 3. The average Bonchev–Trinajstić information content (AvgIpc) is 2.53. The smallest absolute Gasteiger partial charge is 0.357 e. The molecule has 0 bridgehead atoms. The third-order valence-electron chi connectivity index (χ3n) is 3.48. The third kappa shape index (κ3) is 7.03. The first-order chi connectivity index (χ1) is 11.6. The summed E-state index contributed by atoms with van der Waals surface area (Å²) < 4.78 is 37.8. The molecule has 0 heterocycles. The molecule has 0 saturated carbocycles. The van der Waals surface area contributed by atoms with Crippen LogP contribution in [-0.2, 0) is 17.5 Å². The van der Waals surface area contributed by atoms with Crippen LogP contribution in [0.25, 0.3) is 0 Å². The molecular formula is C17H25F3N4O. The van der Waals surface area contributed by atoms with Gasteiger partial charge in [-0.3, -0.25) is 9.79 Å². The first-order valence-corrected chi connectivity index (χ1v) is 8.01. The number of nitrogens with zero attached hydrogens (tertiary/aromatic N) is 3. The number of hydrogen-bond donors (Lipinski definition) is 1. The molecule has 5 nitrogen and oxygen atoms in total. The number of benzene rings is 1. The lowest BCUT2D eigenvalue weighted by Gasteiger charge is -2.22. The van der Waals surface area contributed by atoms with Crippen LogP contribution in [0, 0.1) is 0 Å². The van der Waals surface area contributed by atoms with E-state index < -0.39 is 11.7 Å². The lowest BCUT2D eigenvalue weighted by molar-refractivity contribution is -0.137. The molecule has 0 aliphatic rings. The molecule has 0 aliphatic carbocycles. The summed E-state index contributed by atoms with van der Waals surface area (Å²) in [5.41, 5.74) is 0.0761. The minimum atomic E-state index is -4.33. The Labute approximate surface area is 146 Å². The van der Waals surface area contributed by atoms with Crippen molar-refractivity contribution >= 4 is 11.9 Å². The number of halogens is 3. The number of guanidine groups is 1. The molecule has 0 saturated heterocycles. The molecule has 8 heteroatoms. The third-order valence-corrected chi connectivity index (χ3v) is 3.48. The highest BCUT2D eigenvalue weighted by Crippen LogP contribution is 2.29. The molecule has 0 fully saturated rings. The Kier molecular flexibility index (Phi) is 7.73. The van der Waals surface area contributed by atoms with Crippen LogP contribution in [0.1, 0.15) is 24.5 Å². The van der Waals surface area contributed by atoms with Crippen molar-refractivity contribution in [1.29, 1.82) is 0 Å². The normalized spacial score (nSPS) is 12.0. The highest BCUT2D eigenvalue weighted by Gasteiger charge is 2.29. The van der Waals surface area contributed by atoms with E-state index in [2.05, 4.69) is 10.3 Å². The molecule has 1 N–H and O–H groups in total. The van der Waals surface area contributed by atoms with Crippen LogP contribution in [0.5, 0.6) is 0 Å². The van der Waals surface area contributed by atoms with Crippen LogP contribution in [0.2, 0.25) is 0 Å². The van der Waals surface area contributed by atoms with Crippen molar-refractivity contribution in [3.63, 3.8) is 0 Å². The van der Waals surface area contributed by atoms with Gasteiger partial charge in [-0.05, 0) is 24.6 Å². The Morgan fingerprint density at radius 3 is 2.24 bits per heavy atom. The van der Waals surface area contributed by atoms with Crippen LogP contribution in [0.15, 0.2) is 29.3 Å². The zero-order valence-electron chi connectivity index (χ0n) is 15.0. The predicted molar refractivity (Wildman–Crippen MR) is 92.2 cm³/mol. The van der Waals surface area contributed by atoms with Gasteiger partial charge in [0.1, 0.15) is 0 Å². The Balaban J connectivity index is 2.72. The van der Waals surface area contributed by atoms with E-state index in [0.717, 1.165) is 17.7 Å². The van der Waals surface area contributed by atoms with Crippen molar-refractivity contribution in [2.24, 2.45) is 4.99 Å². The maximum Gasteiger partial charge on any atom is 0.416 e. The van der Waals surface area contributed by atoms with Crippen molar-refractivity contribution in [2.75, 3.05) is 34.2 Å². The Morgan fingerprint density at radius 2 is 1.76 bits per heavy atom. The number of carbonyl (C=O) groups is 1. The molecule has 0 radical (unpaired) electrons. The van der Waals surface area contributed by atoms with Gasteiger partial charge in [0.25, 0.3) is 0 Å². The van der Waals surface area contributed by atoms with Gasteiger partial charge in [-0.1, -0.05) is 12.1 Å². The zero-order chi connectivity index (χ0) is 19.0. The SMILES string of the molecule is CCNC(=NCCC(=O)N(C)C)N(C)Cc1ccc(C(F)(F)F)cc1. The summed E-state index contributed by atoms with van der Waals surface area (Å²) >= 11 is 0. The topological polar surface area (TPSA) is 47.9 Å². The van der Waals surface area contributed by atoms with Gasteiger partial charge in [0.2, 0.25) is 5.91 Å². The lowest BCUT2D eigenvalue weighted by atomic mass is 10.1. The van der Waals surface area contributed by atoms with E-state index in [1.165, 1.54) is 17.0 Å². The van der Waals surface area contributed by atoms with E-state index in [4.69, 9.17) is 0 Å². The molecule has 0 spiro atoms. The number of nitrogens with one attached hydrogen (secondary N) is 1. The van der Waals surface area contributed by atoms with Crippen molar-refractivity contribution < 1.29 is 18.0 Å². The van der Waals surface area contributed by atoms with Crippen molar-refractivity contribution in [1.82, 2.24) is 15.1 Å².